The second kappa shape index (κ2) is 4.02. The first-order chi connectivity index (χ1) is 7.65. The smallest absolute Gasteiger partial charge is 0.341 e. The van der Waals surface area contributed by atoms with Gasteiger partial charge in [-0.25, -0.2) is 4.79 Å². The lowest BCUT2D eigenvalue weighted by atomic mass is 10.1. The molecule has 0 fully saturated rings. The first-order valence-corrected chi connectivity index (χ1v) is 5.64. The molecule has 0 spiro atoms. The molecule has 0 unspecified atom stereocenters. The van der Waals surface area contributed by atoms with Crippen LogP contribution in [0.15, 0.2) is 18.2 Å². The Kier molecular flexibility index (Phi) is 2.70. The molecule has 0 aliphatic rings. The highest BCUT2D eigenvalue weighted by atomic mass is 32.1. The van der Waals surface area contributed by atoms with Crippen LogP contribution < -0.4 is 5.73 Å². The average molecular weight is 237 g/mol. The van der Waals surface area contributed by atoms with Gasteiger partial charge in [0.1, 0.15) is 16.3 Å². The lowest BCUT2D eigenvalue weighted by Crippen LogP contribution is -2.05. The third kappa shape index (κ3) is 1.59. The van der Waals surface area contributed by atoms with Gasteiger partial charge in [0.2, 0.25) is 0 Å². The topological polar surface area (TPSA) is 72.5 Å². The van der Waals surface area contributed by atoms with E-state index < -0.39 is 5.97 Å². The number of nitrogen functional groups attached to an aromatic ring is 1. The number of ether oxygens (including phenoxy) is 1. The number of benzene rings is 1. The van der Waals surface area contributed by atoms with Crippen molar-refractivity contribution in [3.63, 3.8) is 0 Å². The van der Waals surface area contributed by atoms with Crippen LogP contribution in [0, 0.1) is 0 Å². The minimum Gasteiger partial charge on any atom is -0.506 e. The summed E-state index contributed by atoms with van der Waals surface area (Å²) in [5.41, 5.74) is 6.11. The number of carbonyl (C=O) groups is 1. The van der Waals surface area contributed by atoms with Crippen molar-refractivity contribution in [1.82, 2.24) is 0 Å². The molecule has 0 aliphatic heterocycles. The van der Waals surface area contributed by atoms with Crippen LogP contribution in [0.1, 0.15) is 17.3 Å². The van der Waals surface area contributed by atoms with E-state index in [1.807, 2.05) is 0 Å². The molecule has 1 heterocycles. The van der Waals surface area contributed by atoms with Gasteiger partial charge in [0.15, 0.2) is 0 Å². The van der Waals surface area contributed by atoms with Crippen LogP contribution in [-0.4, -0.2) is 17.7 Å². The molecule has 2 aromatic rings. The van der Waals surface area contributed by atoms with Crippen molar-refractivity contribution in [2.24, 2.45) is 0 Å². The first-order valence-electron chi connectivity index (χ1n) is 4.82. The molecule has 2 rings (SSSR count). The normalized spacial score (nSPS) is 10.6. The van der Waals surface area contributed by atoms with Gasteiger partial charge in [-0.15, -0.1) is 11.3 Å². The number of fused-ring (bicyclic) bond motifs is 1. The Morgan fingerprint density at radius 1 is 1.56 bits per heavy atom. The number of anilines is 1. The van der Waals surface area contributed by atoms with Gasteiger partial charge < -0.3 is 15.6 Å². The molecule has 0 saturated carbocycles. The van der Waals surface area contributed by atoms with Gasteiger partial charge in [-0.1, -0.05) is 12.1 Å². The molecular weight excluding hydrogens is 226 g/mol. The number of nitrogens with two attached hydrogens (primary N) is 1. The Balaban J connectivity index is 2.65. The van der Waals surface area contributed by atoms with Crippen LogP contribution >= 0.6 is 11.3 Å². The van der Waals surface area contributed by atoms with Crippen molar-refractivity contribution in [3.05, 3.63) is 23.8 Å². The van der Waals surface area contributed by atoms with E-state index in [0.29, 0.717) is 27.3 Å². The fraction of sp³-hybridized carbons (Fsp3) is 0.182. The van der Waals surface area contributed by atoms with Gasteiger partial charge in [-0.3, -0.25) is 0 Å². The summed E-state index contributed by atoms with van der Waals surface area (Å²) in [6.07, 6.45) is 0. The summed E-state index contributed by atoms with van der Waals surface area (Å²) in [6, 6.07) is 4.98. The van der Waals surface area contributed by atoms with E-state index in [2.05, 4.69) is 0 Å². The molecule has 0 bridgehead atoms. The van der Waals surface area contributed by atoms with Crippen molar-refractivity contribution < 1.29 is 14.6 Å². The molecule has 0 saturated heterocycles. The van der Waals surface area contributed by atoms with E-state index in [1.165, 1.54) is 11.3 Å². The van der Waals surface area contributed by atoms with Crippen molar-refractivity contribution in [2.45, 2.75) is 6.92 Å². The maximum atomic E-state index is 11.7. The molecular formula is C11H11NO3S. The van der Waals surface area contributed by atoms with Crippen molar-refractivity contribution in [3.8, 4) is 5.75 Å². The molecule has 4 nitrogen and oxygen atoms in total. The number of thiophene rings is 1. The minimum absolute atomic E-state index is 0.129. The van der Waals surface area contributed by atoms with Gasteiger partial charge in [-0.2, -0.15) is 0 Å². The number of hydrogen-bond acceptors (Lipinski definition) is 5. The van der Waals surface area contributed by atoms with Gasteiger partial charge >= 0.3 is 5.97 Å². The minimum atomic E-state index is -0.447. The van der Waals surface area contributed by atoms with E-state index in [1.54, 1.807) is 25.1 Å². The lowest BCUT2D eigenvalue weighted by molar-refractivity contribution is 0.0530. The van der Waals surface area contributed by atoms with E-state index in [0.717, 1.165) is 0 Å². The molecule has 1 aromatic carbocycles. The van der Waals surface area contributed by atoms with Crippen molar-refractivity contribution in [2.75, 3.05) is 12.3 Å². The summed E-state index contributed by atoms with van der Waals surface area (Å²) in [5, 5.41) is 10.6. The van der Waals surface area contributed by atoms with Crippen molar-refractivity contribution >= 4 is 32.4 Å². The molecule has 5 heteroatoms. The monoisotopic (exact) mass is 237 g/mol. The molecule has 0 amide bonds. The summed E-state index contributed by atoms with van der Waals surface area (Å²) in [7, 11) is 0. The fourth-order valence-electron chi connectivity index (χ4n) is 1.54. The Labute approximate surface area is 96.3 Å². The fourth-order valence-corrected chi connectivity index (χ4v) is 2.50. The summed E-state index contributed by atoms with van der Waals surface area (Å²) < 4.78 is 5.54. The maximum Gasteiger partial charge on any atom is 0.341 e. The number of aromatic hydroxyl groups is 1. The summed E-state index contributed by atoms with van der Waals surface area (Å²) in [6.45, 7) is 2.04. The van der Waals surface area contributed by atoms with Gasteiger partial charge in [0, 0.05) is 5.39 Å². The van der Waals surface area contributed by atoms with Crippen LogP contribution in [-0.2, 0) is 4.74 Å². The second-order valence-electron chi connectivity index (χ2n) is 3.22. The van der Waals surface area contributed by atoms with E-state index in [4.69, 9.17) is 10.5 Å². The third-order valence-electron chi connectivity index (χ3n) is 2.20. The van der Waals surface area contributed by atoms with E-state index in [-0.39, 0.29) is 5.75 Å². The number of phenols is 1. The number of esters is 1. The Morgan fingerprint density at radius 3 is 3.00 bits per heavy atom. The number of phenolic OH excluding ortho intramolecular Hbond substituents is 1. The maximum absolute atomic E-state index is 11.7. The summed E-state index contributed by atoms with van der Waals surface area (Å²) in [4.78, 5) is 11.7. The molecule has 3 N–H and O–H groups in total. The summed E-state index contributed by atoms with van der Waals surface area (Å²) >= 11 is 1.19. The van der Waals surface area contributed by atoms with Crippen LogP contribution in [0.25, 0.3) is 10.1 Å². The third-order valence-corrected chi connectivity index (χ3v) is 3.26. The molecule has 0 atom stereocenters. The highest BCUT2D eigenvalue weighted by Crippen LogP contribution is 2.38. The lowest BCUT2D eigenvalue weighted by Gasteiger charge is -2.01. The zero-order valence-corrected chi connectivity index (χ0v) is 9.50. The number of carbonyl (C=O) groups excluding carboxylic acids is 1. The van der Waals surface area contributed by atoms with E-state index >= 15 is 0 Å². The van der Waals surface area contributed by atoms with Crippen LogP contribution in [0.5, 0.6) is 5.75 Å². The Bertz CT molecular complexity index is 547. The Hall–Kier alpha value is -1.75. The molecule has 0 aliphatic carbocycles. The predicted octanol–water partition coefficient (Wildman–Crippen LogP) is 2.37. The highest BCUT2D eigenvalue weighted by Gasteiger charge is 2.19. The van der Waals surface area contributed by atoms with E-state index in [9.17, 15) is 9.90 Å². The molecule has 16 heavy (non-hydrogen) atoms. The molecule has 1 aromatic heterocycles. The zero-order valence-electron chi connectivity index (χ0n) is 8.69. The molecule has 84 valence electrons. The first kappa shape index (κ1) is 10.8. The summed E-state index contributed by atoms with van der Waals surface area (Å²) in [5.74, 6) is -0.318. The van der Waals surface area contributed by atoms with Crippen LogP contribution in [0.4, 0.5) is 5.00 Å². The SMILES string of the molecule is CCOC(=O)c1c(N)sc2c(O)cccc12. The highest BCUT2D eigenvalue weighted by molar-refractivity contribution is 7.23. The quantitative estimate of drug-likeness (QED) is 0.786. The number of hydrogen-bond donors (Lipinski definition) is 2. The van der Waals surface area contributed by atoms with Crippen LogP contribution in [0.2, 0.25) is 0 Å². The Morgan fingerprint density at radius 2 is 2.31 bits per heavy atom. The van der Waals surface area contributed by atoms with Crippen LogP contribution in [0.3, 0.4) is 0 Å². The molecule has 0 radical (unpaired) electrons. The average Bonchev–Trinajstić information content (AvgIpc) is 2.56. The largest absolute Gasteiger partial charge is 0.506 e. The second-order valence-corrected chi connectivity index (χ2v) is 4.27. The van der Waals surface area contributed by atoms with Crippen molar-refractivity contribution in [1.29, 1.82) is 0 Å². The van der Waals surface area contributed by atoms with Gasteiger partial charge in [0.05, 0.1) is 11.3 Å². The number of rotatable bonds is 2. The van der Waals surface area contributed by atoms with Gasteiger partial charge in [0.25, 0.3) is 0 Å². The zero-order chi connectivity index (χ0) is 11.7. The van der Waals surface area contributed by atoms with Gasteiger partial charge in [-0.05, 0) is 13.0 Å². The standard InChI is InChI=1S/C11H11NO3S/c1-2-15-11(14)8-6-4-3-5-7(13)9(6)16-10(8)12/h3-5,13H,2,12H2,1H3. The predicted molar refractivity (Wildman–Crippen MR) is 63.9 cm³/mol.